The molecule has 164 valence electrons. The fourth-order valence-electron chi connectivity index (χ4n) is 5.14. The lowest BCUT2D eigenvalue weighted by atomic mass is 9.83. The highest BCUT2D eigenvalue weighted by Crippen LogP contribution is 2.44. The fraction of sp³-hybridized carbons (Fsp3) is 0.0645. The van der Waals surface area contributed by atoms with Gasteiger partial charge in [-0.2, -0.15) is 0 Å². The summed E-state index contributed by atoms with van der Waals surface area (Å²) < 4.78 is 0. The van der Waals surface area contributed by atoms with Crippen LogP contribution in [0.4, 0.5) is 5.69 Å². The summed E-state index contributed by atoms with van der Waals surface area (Å²) in [6.07, 6.45) is 0. The van der Waals surface area contributed by atoms with Crippen LogP contribution < -0.4 is 4.90 Å². The van der Waals surface area contributed by atoms with Gasteiger partial charge in [0, 0.05) is 22.2 Å². The van der Waals surface area contributed by atoms with Crippen LogP contribution in [0.2, 0.25) is 5.02 Å². The van der Waals surface area contributed by atoms with Gasteiger partial charge in [-0.05, 0) is 51.2 Å². The van der Waals surface area contributed by atoms with Crippen LogP contribution in [0.5, 0.6) is 0 Å². The van der Waals surface area contributed by atoms with E-state index in [1.807, 2.05) is 89.8 Å². The van der Waals surface area contributed by atoms with E-state index in [1.54, 1.807) is 0 Å². The number of hydrogen-bond donors (Lipinski definition) is 0. The summed E-state index contributed by atoms with van der Waals surface area (Å²) in [6.45, 7) is 0.496. The van der Waals surface area contributed by atoms with Gasteiger partial charge in [-0.15, -0.1) is 0 Å². The highest BCUT2D eigenvalue weighted by molar-refractivity contribution is 6.31. The van der Waals surface area contributed by atoms with Crippen LogP contribution in [0.1, 0.15) is 38.5 Å². The molecule has 0 radical (unpaired) electrons. The lowest BCUT2D eigenvalue weighted by molar-refractivity contribution is 0.0986. The zero-order valence-electron chi connectivity index (χ0n) is 18.5. The number of rotatable bonds is 2. The monoisotopic (exact) mass is 459 g/mol. The zero-order valence-corrected chi connectivity index (χ0v) is 19.2. The second kappa shape index (κ2) is 8.48. The third-order valence-electron chi connectivity index (χ3n) is 6.71. The maximum Gasteiger partial charge on any atom is 0.259 e. The van der Waals surface area contributed by atoms with E-state index in [2.05, 4.69) is 30.3 Å². The predicted octanol–water partition coefficient (Wildman–Crippen LogP) is 7.83. The van der Waals surface area contributed by atoms with Crippen molar-refractivity contribution in [2.75, 3.05) is 4.90 Å². The number of anilines is 1. The topological polar surface area (TPSA) is 20.3 Å². The number of halogens is 1. The Hall–Kier alpha value is -3.88. The van der Waals surface area contributed by atoms with Crippen molar-refractivity contribution in [3.8, 4) is 0 Å². The quantitative estimate of drug-likeness (QED) is 0.263. The second-order valence-corrected chi connectivity index (χ2v) is 9.04. The van der Waals surface area contributed by atoms with Crippen LogP contribution in [0.3, 0.4) is 0 Å². The number of para-hydroxylation sites is 1. The average molecular weight is 460 g/mol. The van der Waals surface area contributed by atoms with Crippen LogP contribution >= 0.6 is 11.6 Å². The van der Waals surface area contributed by atoms with Gasteiger partial charge in [-0.3, -0.25) is 4.79 Å². The molecule has 1 heterocycles. The van der Waals surface area contributed by atoms with E-state index in [-0.39, 0.29) is 11.8 Å². The van der Waals surface area contributed by atoms with Crippen LogP contribution in [-0.4, -0.2) is 5.91 Å². The van der Waals surface area contributed by atoms with E-state index in [9.17, 15) is 4.79 Å². The summed E-state index contributed by atoms with van der Waals surface area (Å²) in [7, 11) is 0. The Morgan fingerprint density at radius 1 is 0.676 bits per heavy atom. The number of fused-ring (bicyclic) bond motifs is 3. The largest absolute Gasteiger partial charge is 0.304 e. The molecule has 1 aliphatic heterocycles. The SMILES string of the molecule is O=C(c1cccc2ccccc12)N1Cc2ccccc2C(c2ccccc2Cl)c2ccccc21. The zero-order chi connectivity index (χ0) is 23.1. The maximum atomic E-state index is 14.1. The molecule has 5 aromatic carbocycles. The summed E-state index contributed by atoms with van der Waals surface area (Å²) in [4.78, 5) is 16.1. The standard InChI is InChI=1S/C31H22ClNO/c32-28-18-7-5-15-26(28)30-24-14-4-2-11-22(24)20-33(29-19-8-6-16-27(29)30)31(34)25-17-9-12-21-10-1-3-13-23(21)25/h1-19,30H,20H2. The Morgan fingerprint density at radius 3 is 2.18 bits per heavy atom. The van der Waals surface area contributed by atoms with E-state index >= 15 is 0 Å². The molecule has 5 aromatic rings. The van der Waals surface area contributed by atoms with Crippen molar-refractivity contribution in [1.29, 1.82) is 0 Å². The van der Waals surface area contributed by atoms with Crippen molar-refractivity contribution in [1.82, 2.24) is 0 Å². The van der Waals surface area contributed by atoms with Crippen LogP contribution in [0.15, 0.2) is 115 Å². The van der Waals surface area contributed by atoms with Crippen molar-refractivity contribution < 1.29 is 4.79 Å². The number of hydrogen-bond acceptors (Lipinski definition) is 1. The van der Waals surface area contributed by atoms with Crippen LogP contribution in [-0.2, 0) is 6.54 Å². The number of carbonyl (C=O) groups is 1. The lowest BCUT2D eigenvalue weighted by Crippen LogP contribution is -2.30. The molecular weight excluding hydrogens is 438 g/mol. The minimum Gasteiger partial charge on any atom is -0.304 e. The van der Waals surface area contributed by atoms with Gasteiger partial charge in [0.05, 0.1) is 6.54 Å². The van der Waals surface area contributed by atoms with Gasteiger partial charge < -0.3 is 4.90 Å². The third-order valence-corrected chi connectivity index (χ3v) is 7.06. The molecule has 0 saturated carbocycles. The molecule has 6 rings (SSSR count). The Bertz CT molecular complexity index is 1530. The molecule has 1 amide bonds. The number of carbonyl (C=O) groups excluding carboxylic acids is 1. The first-order chi connectivity index (χ1) is 16.7. The smallest absolute Gasteiger partial charge is 0.259 e. The first-order valence-electron chi connectivity index (χ1n) is 11.4. The molecule has 0 spiro atoms. The van der Waals surface area contributed by atoms with Crippen molar-refractivity contribution in [2.24, 2.45) is 0 Å². The summed E-state index contributed by atoms with van der Waals surface area (Å²) in [5, 5.41) is 2.75. The van der Waals surface area contributed by atoms with Gasteiger partial charge in [0.25, 0.3) is 5.91 Å². The molecule has 1 atom stereocenters. The lowest BCUT2D eigenvalue weighted by Gasteiger charge is -2.25. The van der Waals surface area contributed by atoms with Gasteiger partial charge in [-0.25, -0.2) is 0 Å². The Balaban J connectivity index is 1.59. The van der Waals surface area contributed by atoms with Crippen molar-refractivity contribution in [3.63, 3.8) is 0 Å². The molecule has 0 fully saturated rings. The average Bonchev–Trinajstić information content (AvgIpc) is 3.03. The normalized spacial score (nSPS) is 14.9. The first kappa shape index (κ1) is 20.7. The third kappa shape index (κ3) is 3.39. The summed E-state index contributed by atoms with van der Waals surface area (Å²) in [5.74, 6) is -0.0646. The van der Waals surface area contributed by atoms with Crippen LogP contribution in [0.25, 0.3) is 10.8 Å². The number of benzene rings is 5. The van der Waals surface area contributed by atoms with Gasteiger partial charge >= 0.3 is 0 Å². The molecule has 0 aliphatic carbocycles. The van der Waals surface area contributed by atoms with Crippen molar-refractivity contribution >= 4 is 34.0 Å². The summed E-state index contributed by atoms with van der Waals surface area (Å²) in [6, 6.07) is 38.6. The van der Waals surface area contributed by atoms with E-state index in [0.29, 0.717) is 12.1 Å². The second-order valence-electron chi connectivity index (χ2n) is 8.63. The summed E-state index contributed by atoms with van der Waals surface area (Å²) in [5.41, 5.74) is 6.05. The van der Waals surface area contributed by atoms with Crippen molar-refractivity contribution in [2.45, 2.75) is 12.5 Å². The predicted molar refractivity (Wildman–Crippen MR) is 140 cm³/mol. The highest BCUT2D eigenvalue weighted by Gasteiger charge is 2.32. The molecule has 0 saturated heterocycles. The van der Waals surface area contributed by atoms with E-state index in [0.717, 1.165) is 38.2 Å². The van der Waals surface area contributed by atoms with Crippen LogP contribution in [0, 0.1) is 0 Å². The van der Waals surface area contributed by atoms with Gasteiger partial charge in [-0.1, -0.05) is 109 Å². The molecule has 3 heteroatoms. The molecular formula is C31H22ClNO. The summed E-state index contributed by atoms with van der Waals surface area (Å²) >= 11 is 6.72. The number of nitrogens with zero attached hydrogens (tertiary/aromatic N) is 1. The highest BCUT2D eigenvalue weighted by atomic mass is 35.5. The van der Waals surface area contributed by atoms with E-state index < -0.39 is 0 Å². The molecule has 34 heavy (non-hydrogen) atoms. The minimum absolute atomic E-state index is 0.00105. The maximum absolute atomic E-state index is 14.1. The van der Waals surface area contributed by atoms with Gasteiger partial charge in [0.2, 0.25) is 0 Å². The molecule has 2 nitrogen and oxygen atoms in total. The molecule has 1 aliphatic rings. The minimum atomic E-state index is -0.0635. The Kier molecular flexibility index (Phi) is 5.16. The fourth-order valence-corrected chi connectivity index (χ4v) is 5.39. The van der Waals surface area contributed by atoms with E-state index in [1.165, 1.54) is 5.56 Å². The molecule has 0 bridgehead atoms. The van der Waals surface area contributed by atoms with Gasteiger partial charge in [0.1, 0.15) is 0 Å². The molecule has 0 aromatic heterocycles. The molecule has 0 N–H and O–H groups in total. The van der Waals surface area contributed by atoms with Gasteiger partial charge in [0.15, 0.2) is 0 Å². The number of amides is 1. The van der Waals surface area contributed by atoms with Crippen molar-refractivity contribution in [3.05, 3.63) is 148 Å². The Morgan fingerprint density at radius 2 is 1.32 bits per heavy atom. The Labute approximate surface area is 204 Å². The first-order valence-corrected chi connectivity index (χ1v) is 11.8. The van der Waals surface area contributed by atoms with E-state index in [4.69, 9.17) is 11.6 Å². The molecule has 1 unspecified atom stereocenters.